The van der Waals surface area contributed by atoms with Gasteiger partial charge in [0, 0.05) is 24.7 Å². The summed E-state index contributed by atoms with van der Waals surface area (Å²) in [5, 5.41) is 61.1. The summed E-state index contributed by atoms with van der Waals surface area (Å²) in [5.41, 5.74) is 4.02. The largest absolute Gasteiger partial charge is 0.493 e. The van der Waals surface area contributed by atoms with Crippen LogP contribution in [0.25, 0.3) is 0 Å². The van der Waals surface area contributed by atoms with E-state index in [-0.39, 0.29) is 24.5 Å². The van der Waals surface area contributed by atoms with Crippen LogP contribution < -0.4 is 18.9 Å². The van der Waals surface area contributed by atoms with Gasteiger partial charge in [0.25, 0.3) is 0 Å². The lowest BCUT2D eigenvalue weighted by Crippen LogP contribution is -2.60. The fraction of sp³-hybridized carbons (Fsp3) is 0.613. The number of rotatable bonds is 8. The van der Waals surface area contributed by atoms with Crippen LogP contribution in [0.15, 0.2) is 24.3 Å². The minimum Gasteiger partial charge on any atom is -0.493 e. The Morgan fingerprint density at radius 2 is 1.49 bits per heavy atom. The first-order valence-electron chi connectivity index (χ1n) is 15.1. The Hall–Kier alpha value is -2.76. The van der Waals surface area contributed by atoms with E-state index in [0.717, 1.165) is 35.2 Å². The summed E-state index contributed by atoms with van der Waals surface area (Å²) in [6.07, 6.45) is -9.21. The van der Waals surface area contributed by atoms with Crippen molar-refractivity contribution >= 4 is 0 Å². The number of fused-ring (bicyclic) bond motifs is 5. The highest BCUT2D eigenvalue weighted by atomic mass is 16.7. The van der Waals surface area contributed by atoms with Crippen LogP contribution in [0, 0.1) is 0 Å². The number of benzene rings is 2. The maximum absolute atomic E-state index is 10.8. The number of aliphatic hydroxyl groups is 6. The average molecular weight is 634 g/mol. The standard InChI is InChI=1S/C31H39NO13/c1-39-18-4-3-13-7-17-15-9-20(41-30-25(37)24(36)23(35)21(11-33)42-30)19(40-2)8-14(15)5-6-32(17)10-16(13)27(18)45-31-26(38)29-28(44-29)22(12-34)43-31/h3-4,8-9,17,21-26,28-31,33-38H,5-7,10-12H2,1-2H3/t17-,21?,22?,23?,24?,25?,26?,28?,29?,30?,31?/m0/s1. The van der Waals surface area contributed by atoms with Crippen LogP contribution in [0.3, 0.4) is 0 Å². The Morgan fingerprint density at radius 1 is 0.756 bits per heavy atom. The van der Waals surface area contributed by atoms with Crippen LogP contribution in [-0.2, 0) is 33.6 Å². The molecule has 246 valence electrons. The van der Waals surface area contributed by atoms with E-state index < -0.39 is 61.9 Å². The van der Waals surface area contributed by atoms with Gasteiger partial charge in [-0.2, -0.15) is 0 Å². The van der Waals surface area contributed by atoms with Crippen molar-refractivity contribution in [2.45, 2.75) is 86.8 Å². The Bertz CT molecular complexity index is 1410. The average Bonchev–Trinajstić information content (AvgIpc) is 3.87. The van der Waals surface area contributed by atoms with E-state index >= 15 is 0 Å². The van der Waals surface area contributed by atoms with Crippen molar-refractivity contribution in [3.8, 4) is 23.0 Å². The maximum atomic E-state index is 10.8. The van der Waals surface area contributed by atoms with Crippen LogP contribution in [0.2, 0.25) is 0 Å². The number of ether oxygens (including phenoxy) is 7. The minimum atomic E-state index is -1.57. The molecule has 2 aromatic carbocycles. The summed E-state index contributed by atoms with van der Waals surface area (Å²) in [6, 6.07) is 7.53. The van der Waals surface area contributed by atoms with Crippen molar-refractivity contribution < 1.29 is 63.8 Å². The highest BCUT2D eigenvalue weighted by Crippen LogP contribution is 2.47. The van der Waals surface area contributed by atoms with Crippen molar-refractivity contribution in [2.24, 2.45) is 0 Å². The molecule has 2 aromatic rings. The summed E-state index contributed by atoms with van der Waals surface area (Å²) < 4.78 is 40.5. The SMILES string of the molecule is COc1cc2c(cc1OC1OC(CO)C(O)C(O)C1O)[C@@H]1Cc3ccc(OC)c(OC4OC(CO)C5OC5C4O)c3CN1CC2. The van der Waals surface area contributed by atoms with Crippen molar-refractivity contribution in [1.29, 1.82) is 0 Å². The second-order valence-corrected chi connectivity index (χ2v) is 12.1. The van der Waals surface area contributed by atoms with E-state index in [1.165, 1.54) is 7.11 Å². The van der Waals surface area contributed by atoms with Gasteiger partial charge in [-0.25, -0.2) is 0 Å². The first kappa shape index (κ1) is 30.9. The van der Waals surface area contributed by atoms with Crippen LogP contribution in [0.4, 0.5) is 0 Å². The van der Waals surface area contributed by atoms with E-state index in [2.05, 4.69) is 4.90 Å². The summed E-state index contributed by atoms with van der Waals surface area (Å²) in [5.74, 6) is 1.68. The molecule has 5 aliphatic heterocycles. The highest BCUT2D eigenvalue weighted by molar-refractivity contribution is 5.55. The summed E-state index contributed by atoms with van der Waals surface area (Å²) in [7, 11) is 3.06. The van der Waals surface area contributed by atoms with Gasteiger partial charge < -0.3 is 63.8 Å². The van der Waals surface area contributed by atoms with Gasteiger partial charge in [-0.05, 0) is 47.7 Å². The smallest absolute Gasteiger partial charge is 0.229 e. The van der Waals surface area contributed by atoms with E-state index in [1.54, 1.807) is 7.11 Å². The van der Waals surface area contributed by atoms with E-state index in [4.69, 9.17) is 33.2 Å². The molecular formula is C31H39NO13. The normalized spacial score (nSPS) is 37.0. The maximum Gasteiger partial charge on any atom is 0.229 e. The molecule has 3 saturated heterocycles. The Morgan fingerprint density at radius 3 is 2.22 bits per heavy atom. The number of methoxy groups -OCH3 is 2. The third-order valence-electron chi connectivity index (χ3n) is 9.57. The first-order valence-corrected chi connectivity index (χ1v) is 15.1. The molecule has 10 unspecified atom stereocenters. The number of hydrogen-bond donors (Lipinski definition) is 6. The topological polar surface area (TPSA) is 193 Å². The molecule has 0 spiro atoms. The molecule has 11 atom stereocenters. The molecule has 6 N–H and O–H groups in total. The molecule has 45 heavy (non-hydrogen) atoms. The summed E-state index contributed by atoms with van der Waals surface area (Å²) in [6.45, 7) is 0.452. The van der Waals surface area contributed by atoms with Gasteiger partial charge >= 0.3 is 0 Å². The van der Waals surface area contributed by atoms with Crippen molar-refractivity contribution in [3.05, 3.63) is 46.5 Å². The third-order valence-corrected chi connectivity index (χ3v) is 9.57. The molecule has 5 heterocycles. The molecule has 0 aliphatic carbocycles. The molecule has 0 aromatic heterocycles. The van der Waals surface area contributed by atoms with Gasteiger partial charge in [0.1, 0.15) is 48.8 Å². The van der Waals surface area contributed by atoms with Crippen LogP contribution in [-0.4, -0.2) is 131 Å². The molecule has 14 heteroatoms. The fourth-order valence-electron chi connectivity index (χ4n) is 7.00. The van der Waals surface area contributed by atoms with Gasteiger partial charge in [0.15, 0.2) is 23.0 Å². The zero-order chi connectivity index (χ0) is 31.6. The molecule has 5 aliphatic rings. The van der Waals surface area contributed by atoms with E-state index in [0.29, 0.717) is 30.2 Å². The second kappa shape index (κ2) is 12.1. The monoisotopic (exact) mass is 633 g/mol. The molecule has 0 bridgehead atoms. The van der Waals surface area contributed by atoms with Gasteiger partial charge in [0.2, 0.25) is 12.6 Å². The molecule has 0 amide bonds. The predicted molar refractivity (Wildman–Crippen MR) is 152 cm³/mol. The summed E-state index contributed by atoms with van der Waals surface area (Å²) in [4.78, 5) is 2.32. The number of epoxide rings is 1. The molecule has 0 saturated carbocycles. The molecule has 3 fully saturated rings. The van der Waals surface area contributed by atoms with E-state index in [1.807, 2.05) is 24.3 Å². The number of aliphatic hydroxyl groups excluding tert-OH is 6. The van der Waals surface area contributed by atoms with Crippen molar-refractivity contribution in [1.82, 2.24) is 4.90 Å². The van der Waals surface area contributed by atoms with Crippen LogP contribution in [0.5, 0.6) is 23.0 Å². The van der Waals surface area contributed by atoms with Crippen LogP contribution in [0.1, 0.15) is 28.3 Å². The van der Waals surface area contributed by atoms with E-state index in [9.17, 15) is 30.6 Å². The number of nitrogens with zero attached hydrogens (tertiary/aromatic N) is 1. The second-order valence-electron chi connectivity index (χ2n) is 12.1. The molecule has 7 rings (SSSR count). The van der Waals surface area contributed by atoms with Gasteiger partial charge in [-0.3, -0.25) is 4.90 Å². The predicted octanol–water partition coefficient (Wildman–Crippen LogP) is -1.24. The third kappa shape index (κ3) is 5.32. The Balaban J connectivity index is 1.17. The quantitative estimate of drug-likeness (QED) is 0.189. The van der Waals surface area contributed by atoms with Crippen LogP contribution >= 0.6 is 0 Å². The highest BCUT2D eigenvalue weighted by Gasteiger charge is 2.58. The molecule has 14 nitrogen and oxygen atoms in total. The molecule has 0 radical (unpaired) electrons. The van der Waals surface area contributed by atoms with Crippen molar-refractivity contribution in [3.63, 3.8) is 0 Å². The van der Waals surface area contributed by atoms with Gasteiger partial charge in [-0.15, -0.1) is 0 Å². The number of hydrogen-bond acceptors (Lipinski definition) is 14. The van der Waals surface area contributed by atoms with Crippen molar-refractivity contribution in [2.75, 3.05) is 34.0 Å². The fourth-order valence-corrected chi connectivity index (χ4v) is 7.00. The molecular weight excluding hydrogens is 594 g/mol. The Kier molecular flexibility index (Phi) is 8.31. The van der Waals surface area contributed by atoms with Gasteiger partial charge in [-0.1, -0.05) is 6.07 Å². The Labute approximate surface area is 259 Å². The lowest BCUT2D eigenvalue weighted by Gasteiger charge is -2.43. The minimum absolute atomic E-state index is 0.0403. The zero-order valence-electron chi connectivity index (χ0n) is 24.9. The lowest BCUT2D eigenvalue weighted by atomic mass is 9.83. The lowest BCUT2D eigenvalue weighted by molar-refractivity contribution is -0.277. The first-order chi connectivity index (χ1) is 21.8. The van der Waals surface area contributed by atoms with Gasteiger partial charge in [0.05, 0.1) is 27.4 Å². The summed E-state index contributed by atoms with van der Waals surface area (Å²) >= 11 is 0. The zero-order valence-corrected chi connectivity index (χ0v) is 24.9.